The molecule has 1 aromatic heterocycles. The van der Waals surface area contributed by atoms with E-state index < -0.39 is 108 Å². The van der Waals surface area contributed by atoms with Gasteiger partial charge in [0.05, 0.1) is 12.1 Å². The van der Waals surface area contributed by atoms with Crippen LogP contribution < -0.4 is 60.2 Å². The number of hydrogen-bond donors (Lipinski definition) is 16. The normalized spacial score (nSPS) is 14.9. The number of aliphatic hydroxyl groups excluding tert-OH is 1. The van der Waals surface area contributed by atoms with E-state index in [-0.39, 0.29) is 49.5 Å². The molecule has 3 aromatic carbocycles. The van der Waals surface area contributed by atoms with E-state index in [1.807, 2.05) is 18.2 Å². The lowest BCUT2D eigenvalue weighted by molar-refractivity contribution is -0.136. The van der Waals surface area contributed by atoms with Crippen LogP contribution >= 0.6 is 47.8 Å². The van der Waals surface area contributed by atoms with E-state index in [2.05, 4.69) is 90.0 Å². The van der Waals surface area contributed by atoms with Gasteiger partial charge in [0.1, 0.15) is 48.0 Å². The van der Waals surface area contributed by atoms with Crippen molar-refractivity contribution in [2.45, 2.75) is 114 Å². The van der Waals surface area contributed by atoms with E-state index in [0.29, 0.717) is 29.7 Å². The number of nitrogen functional groups attached to an aromatic ring is 1. The molecular formula is C50H69IN12O10S2. The average molecular weight is 1190 g/mol. The maximum Gasteiger partial charge on any atom is 0.244 e. The number of hydrogen-bond acceptors (Lipinski definition) is 15. The van der Waals surface area contributed by atoms with Crippen LogP contribution in [-0.2, 0) is 57.6 Å². The highest BCUT2D eigenvalue weighted by Gasteiger charge is 2.36. The number of halogens is 1. The zero-order valence-electron chi connectivity index (χ0n) is 41.8. The van der Waals surface area contributed by atoms with Crippen LogP contribution in [-0.4, -0.2) is 135 Å². The first-order valence-corrected chi connectivity index (χ1v) is 26.6. The predicted molar refractivity (Wildman–Crippen MR) is 299 cm³/mol. The Hall–Kier alpha value is -6.13. The number of unbranched alkanes of at least 4 members (excludes halogenated alkanes) is 1. The van der Waals surface area contributed by atoms with Crippen LogP contribution in [0, 0.1) is 9.49 Å². The van der Waals surface area contributed by atoms with Gasteiger partial charge < -0.3 is 75.3 Å². The Morgan fingerprint density at radius 1 is 0.640 bits per heavy atom. The molecule has 9 atom stereocenters. The van der Waals surface area contributed by atoms with Crippen LogP contribution in [0.1, 0.15) is 56.7 Å². The van der Waals surface area contributed by atoms with Gasteiger partial charge in [-0.2, -0.15) is 25.3 Å². The number of thiol groups is 2. The summed E-state index contributed by atoms with van der Waals surface area (Å²) >= 11 is 10.6. The molecule has 22 nitrogen and oxygen atoms in total. The van der Waals surface area contributed by atoms with Gasteiger partial charge in [-0.05, 0) is 115 Å². The second kappa shape index (κ2) is 29.8. The summed E-state index contributed by atoms with van der Waals surface area (Å²) in [4.78, 5) is 113. The number of fused-ring (bicyclic) bond motifs is 1. The van der Waals surface area contributed by atoms with Gasteiger partial charge in [0.2, 0.25) is 47.3 Å². The fourth-order valence-electron chi connectivity index (χ4n) is 7.83. The fraction of sp³-hybridized carbons (Fsp3) is 0.440. The first-order valence-electron chi connectivity index (χ1n) is 24.2. The van der Waals surface area contributed by atoms with Gasteiger partial charge in [-0.15, -0.1) is 0 Å². The molecule has 0 saturated heterocycles. The number of benzene rings is 3. The maximum atomic E-state index is 14.7. The molecule has 8 amide bonds. The minimum atomic E-state index is -1.46. The lowest BCUT2D eigenvalue weighted by Crippen LogP contribution is -2.62. The molecule has 4 aromatic rings. The van der Waals surface area contributed by atoms with Gasteiger partial charge in [0.25, 0.3) is 0 Å². The van der Waals surface area contributed by atoms with Crippen LogP contribution in [0.15, 0.2) is 72.9 Å². The van der Waals surface area contributed by atoms with Crippen molar-refractivity contribution in [2.75, 3.05) is 23.8 Å². The molecule has 0 aliphatic carbocycles. The quantitative estimate of drug-likeness (QED) is 0.0139. The van der Waals surface area contributed by atoms with Crippen molar-refractivity contribution in [1.82, 2.24) is 42.2 Å². The standard InChI is InChI=1S/C50H69IN12O10S2/c1-25(2)41(50(73)61-40(24-75)49(72)63-42(26(3)64)43(55)66)62-45(68)36(10-6-7-17-52)57-47(70)38(21-29-22-56-35-9-5-4-8-31(29)35)59-46(69)37(20-27-11-14-30(65)15-12-27)58-48(71)39(23-74)60-44(67)34(54)19-28-13-16-33(53)32(51)18-28/h4-5,8-9,11-16,18,22,25-26,34,36-42,56,64-65,74-75H,6-7,10,17,19-21,23-24,52-54H2,1-3H3,(H2,55,66)(H,57,70)(H,58,71)(H,59,69)(H,60,67)(H,61,73)(H,62,68)(H,63,72)/t26-,34-,36+,37+,38-,39+,40+,41+,42+/m1/s1. The maximum absolute atomic E-state index is 14.7. The van der Waals surface area contributed by atoms with Gasteiger partial charge in [-0.3, -0.25) is 38.4 Å². The fourth-order valence-corrected chi connectivity index (χ4v) is 8.92. The summed E-state index contributed by atoms with van der Waals surface area (Å²) in [6, 6.07) is 7.91. The Balaban J connectivity index is 1.63. The second-order valence-electron chi connectivity index (χ2n) is 18.4. The molecule has 0 radical (unpaired) electrons. The number of carbonyl (C=O) groups is 8. The van der Waals surface area contributed by atoms with Gasteiger partial charge in [-0.1, -0.05) is 50.2 Å². The summed E-state index contributed by atoms with van der Waals surface area (Å²) in [6.45, 7) is 4.80. The van der Waals surface area contributed by atoms with Crippen molar-refractivity contribution in [2.24, 2.45) is 23.1 Å². The minimum absolute atomic E-state index is 0.0454. The van der Waals surface area contributed by atoms with Crippen LogP contribution in [0.5, 0.6) is 5.75 Å². The highest BCUT2D eigenvalue weighted by molar-refractivity contribution is 14.1. The molecule has 4 rings (SSSR count). The first-order chi connectivity index (χ1) is 35.6. The number of para-hydroxylation sites is 1. The molecule has 75 heavy (non-hydrogen) atoms. The van der Waals surface area contributed by atoms with E-state index in [1.54, 1.807) is 56.4 Å². The summed E-state index contributed by atoms with van der Waals surface area (Å²) in [5.74, 6) is -7.59. The van der Waals surface area contributed by atoms with Gasteiger partial charge >= 0.3 is 0 Å². The molecule has 0 aliphatic heterocycles. The van der Waals surface area contributed by atoms with Crippen LogP contribution in [0.25, 0.3) is 10.9 Å². The summed E-state index contributed by atoms with van der Waals surface area (Å²) in [5.41, 5.74) is 26.5. The molecular weight excluding hydrogens is 1120 g/mol. The number of amides is 8. The van der Waals surface area contributed by atoms with Gasteiger partial charge in [0, 0.05) is 50.7 Å². The molecule has 25 heteroatoms. The first kappa shape index (κ1) is 61.4. The van der Waals surface area contributed by atoms with Gasteiger partial charge in [-0.25, -0.2) is 0 Å². The molecule has 0 aliphatic rings. The Bertz CT molecular complexity index is 2620. The van der Waals surface area contributed by atoms with E-state index in [0.717, 1.165) is 20.0 Å². The average Bonchev–Trinajstić information content (AvgIpc) is 3.78. The number of aromatic amines is 1. The summed E-state index contributed by atoms with van der Waals surface area (Å²) in [6.07, 6.45) is 1.06. The number of aliphatic hydroxyl groups is 1. The van der Waals surface area contributed by atoms with E-state index in [4.69, 9.17) is 22.9 Å². The number of aromatic nitrogens is 1. The van der Waals surface area contributed by atoms with E-state index >= 15 is 0 Å². The largest absolute Gasteiger partial charge is 0.508 e. The lowest BCUT2D eigenvalue weighted by Gasteiger charge is -2.29. The molecule has 0 fully saturated rings. The van der Waals surface area contributed by atoms with E-state index in [9.17, 15) is 48.6 Å². The Kier molecular flexibility index (Phi) is 24.4. The smallest absolute Gasteiger partial charge is 0.244 e. The molecule has 1 heterocycles. The van der Waals surface area contributed by atoms with Crippen molar-refractivity contribution in [3.8, 4) is 5.75 Å². The van der Waals surface area contributed by atoms with Crippen LogP contribution in [0.3, 0.4) is 0 Å². The minimum Gasteiger partial charge on any atom is -0.508 e. The number of anilines is 1. The molecule has 408 valence electrons. The molecule has 0 unspecified atom stereocenters. The van der Waals surface area contributed by atoms with Crippen molar-refractivity contribution in [1.29, 1.82) is 0 Å². The lowest BCUT2D eigenvalue weighted by atomic mass is 10.00. The van der Waals surface area contributed by atoms with Crippen LogP contribution in [0.4, 0.5) is 5.69 Å². The highest BCUT2D eigenvalue weighted by atomic mass is 127. The number of phenolic OH excluding ortho intramolecular Hbond substituents is 1. The SMILES string of the molecule is CC(C)[C@H](NC(=O)[C@H](CCCCN)NC(=O)[C@@H](Cc1c[nH]c2ccccc12)NC(=O)[C@H](Cc1ccc(O)cc1)NC(=O)[C@H](CS)NC(=O)[C@H](N)Cc1ccc(N)c(I)c1)C(=O)N[C@@H](CS)C(=O)N[C@H](C(N)=O)[C@@H](C)O. The molecule has 0 bridgehead atoms. The third kappa shape index (κ3) is 18.6. The zero-order chi connectivity index (χ0) is 55.5. The number of H-pyrrole nitrogens is 1. The van der Waals surface area contributed by atoms with Gasteiger partial charge in [0.15, 0.2) is 0 Å². The molecule has 0 spiro atoms. The Morgan fingerprint density at radius 2 is 1.16 bits per heavy atom. The number of phenols is 1. The number of primary amides is 1. The van der Waals surface area contributed by atoms with Crippen molar-refractivity contribution in [3.63, 3.8) is 0 Å². The second-order valence-corrected chi connectivity index (χ2v) is 20.3. The number of nitrogens with one attached hydrogen (secondary N) is 8. The number of carbonyl (C=O) groups excluding carboxylic acids is 8. The summed E-state index contributed by atoms with van der Waals surface area (Å²) in [5, 5.41) is 39.1. The number of rotatable bonds is 29. The van der Waals surface area contributed by atoms with Crippen molar-refractivity contribution < 1.29 is 48.6 Å². The number of aromatic hydroxyl groups is 1. The molecule has 18 N–H and O–H groups in total. The summed E-state index contributed by atoms with van der Waals surface area (Å²) in [7, 11) is 0. The summed E-state index contributed by atoms with van der Waals surface area (Å²) < 4.78 is 0.775. The zero-order valence-corrected chi connectivity index (χ0v) is 45.8. The Labute approximate surface area is 459 Å². The third-order valence-corrected chi connectivity index (χ3v) is 13.8. The molecule has 0 saturated carbocycles. The third-order valence-electron chi connectivity index (χ3n) is 12.1. The highest BCUT2D eigenvalue weighted by Crippen LogP contribution is 2.21. The topological polar surface area (TPSA) is 381 Å². The Morgan fingerprint density at radius 3 is 1.73 bits per heavy atom. The van der Waals surface area contributed by atoms with E-state index in [1.165, 1.54) is 19.1 Å². The van der Waals surface area contributed by atoms with Crippen LogP contribution in [0.2, 0.25) is 0 Å². The number of nitrogens with two attached hydrogens (primary N) is 4. The monoisotopic (exact) mass is 1190 g/mol. The van der Waals surface area contributed by atoms with Crippen molar-refractivity contribution >= 4 is 112 Å². The van der Waals surface area contributed by atoms with Crippen molar-refractivity contribution in [3.05, 3.63) is 93.2 Å². The predicted octanol–water partition coefficient (Wildman–Crippen LogP) is -0.680.